The van der Waals surface area contributed by atoms with Crippen molar-refractivity contribution in [3.8, 4) is 11.5 Å². The minimum absolute atomic E-state index is 0.587. The quantitative estimate of drug-likeness (QED) is 0.605. The SMILES string of the molecule is CCCc1cc(NN)c2c(OCC)ccc(OCC)c2n1. The van der Waals surface area contributed by atoms with Crippen molar-refractivity contribution in [2.45, 2.75) is 33.6 Å². The Morgan fingerprint density at radius 1 is 1.10 bits per heavy atom. The summed E-state index contributed by atoms with van der Waals surface area (Å²) < 4.78 is 11.4. The second kappa shape index (κ2) is 7.13. The number of ether oxygens (including phenoxy) is 2. The number of benzene rings is 1. The Hall–Kier alpha value is -2.01. The highest BCUT2D eigenvalue weighted by molar-refractivity contribution is 5.99. The van der Waals surface area contributed by atoms with Crippen LogP contribution in [0.4, 0.5) is 5.69 Å². The Bertz CT molecular complexity index is 614. The number of hydrogen-bond donors (Lipinski definition) is 2. The molecule has 21 heavy (non-hydrogen) atoms. The Morgan fingerprint density at radius 3 is 2.38 bits per heavy atom. The third kappa shape index (κ3) is 3.19. The molecule has 0 atom stereocenters. The van der Waals surface area contributed by atoms with Gasteiger partial charge in [0.15, 0.2) is 0 Å². The fourth-order valence-electron chi connectivity index (χ4n) is 2.39. The largest absolute Gasteiger partial charge is 0.493 e. The number of fused-ring (bicyclic) bond motifs is 1. The van der Waals surface area contributed by atoms with Crippen LogP contribution in [0.1, 0.15) is 32.9 Å². The van der Waals surface area contributed by atoms with Crippen molar-refractivity contribution >= 4 is 16.6 Å². The standard InChI is InChI=1S/C16H23N3O2/c1-4-7-11-10-12(19-17)15-13(20-5-2)8-9-14(21-6-3)16(15)18-11/h8-10H,4-7,17H2,1-3H3,(H,18,19). The maximum atomic E-state index is 5.70. The van der Waals surface area contributed by atoms with Gasteiger partial charge >= 0.3 is 0 Å². The van der Waals surface area contributed by atoms with E-state index in [1.165, 1.54) is 0 Å². The molecule has 0 unspecified atom stereocenters. The van der Waals surface area contributed by atoms with Crippen LogP contribution in [0.5, 0.6) is 11.5 Å². The summed E-state index contributed by atoms with van der Waals surface area (Å²) in [4.78, 5) is 4.73. The van der Waals surface area contributed by atoms with Gasteiger partial charge in [0.25, 0.3) is 0 Å². The molecular formula is C16H23N3O2. The number of rotatable bonds is 7. The highest BCUT2D eigenvalue weighted by Gasteiger charge is 2.15. The normalized spacial score (nSPS) is 10.7. The number of nitrogen functional groups attached to an aromatic ring is 1. The maximum Gasteiger partial charge on any atom is 0.145 e. The molecule has 1 heterocycles. The van der Waals surface area contributed by atoms with Gasteiger partial charge in [-0.15, -0.1) is 0 Å². The summed E-state index contributed by atoms with van der Waals surface area (Å²) in [5.41, 5.74) is 5.36. The van der Waals surface area contributed by atoms with Crippen molar-refractivity contribution in [1.29, 1.82) is 0 Å². The molecule has 0 aliphatic carbocycles. The van der Waals surface area contributed by atoms with Gasteiger partial charge in [0.1, 0.15) is 17.0 Å². The summed E-state index contributed by atoms with van der Waals surface area (Å²) >= 11 is 0. The minimum atomic E-state index is 0.587. The van der Waals surface area contributed by atoms with Gasteiger partial charge in [-0.2, -0.15) is 0 Å². The molecular weight excluding hydrogens is 266 g/mol. The van der Waals surface area contributed by atoms with Crippen LogP contribution in [0, 0.1) is 0 Å². The molecule has 0 spiro atoms. The summed E-state index contributed by atoms with van der Waals surface area (Å²) in [6.45, 7) is 7.22. The molecule has 0 amide bonds. The number of nitrogens with zero attached hydrogens (tertiary/aromatic N) is 1. The third-order valence-electron chi connectivity index (χ3n) is 3.20. The van der Waals surface area contributed by atoms with Gasteiger partial charge in [-0.05, 0) is 38.5 Å². The molecule has 1 aromatic carbocycles. The summed E-state index contributed by atoms with van der Waals surface area (Å²) in [6, 6.07) is 5.78. The first-order chi connectivity index (χ1) is 10.2. The number of nitrogens with two attached hydrogens (primary N) is 1. The molecule has 3 N–H and O–H groups in total. The van der Waals surface area contributed by atoms with E-state index < -0.39 is 0 Å². The van der Waals surface area contributed by atoms with Gasteiger partial charge in [0.05, 0.1) is 24.3 Å². The lowest BCUT2D eigenvalue weighted by Crippen LogP contribution is -2.10. The molecule has 0 radical (unpaired) electrons. The molecule has 0 bridgehead atoms. The van der Waals surface area contributed by atoms with Gasteiger partial charge in [0, 0.05) is 5.69 Å². The molecule has 114 valence electrons. The Balaban J connectivity index is 2.71. The summed E-state index contributed by atoms with van der Waals surface area (Å²) in [6.07, 6.45) is 1.92. The molecule has 0 saturated heterocycles. The number of aromatic nitrogens is 1. The van der Waals surface area contributed by atoms with Crippen molar-refractivity contribution in [3.05, 3.63) is 23.9 Å². The van der Waals surface area contributed by atoms with E-state index >= 15 is 0 Å². The second-order valence-electron chi connectivity index (χ2n) is 4.71. The predicted molar refractivity (Wildman–Crippen MR) is 85.9 cm³/mol. The van der Waals surface area contributed by atoms with Crippen molar-refractivity contribution in [1.82, 2.24) is 4.98 Å². The zero-order chi connectivity index (χ0) is 15.2. The van der Waals surface area contributed by atoms with Crippen LogP contribution in [0.15, 0.2) is 18.2 Å². The van der Waals surface area contributed by atoms with Crippen LogP contribution in [-0.2, 0) is 6.42 Å². The fourth-order valence-corrected chi connectivity index (χ4v) is 2.39. The van der Waals surface area contributed by atoms with Crippen LogP contribution in [0.3, 0.4) is 0 Å². The first kappa shape index (κ1) is 15.4. The molecule has 5 heteroatoms. The molecule has 0 aliphatic heterocycles. The monoisotopic (exact) mass is 289 g/mol. The Labute approximate surface area is 125 Å². The van der Waals surface area contributed by atoms with Gasteiger partial charge in [-0.25, -0.2) is 4.98 Å². The van der Waals surface area contributed by atoms with E-state index in [9.17, 15) is 0 Å². The molecule has 1 aromatic heterocycles. The van der Waals surface area contributed by atoms with Gasteiger partial charge < -0.3 is 14.9 Å². The van der Waals surface area contributed by atoms with E-state index in [0.717, 1.165) is 46.6 Å². The first-order valence-corrected chi connectivity index (χ1v) is 7.43. The average molecular weight is 289 g/mol. The first-order valence-electron chi connectivity index (χ1n) is 7.43. The van der Waals surface area contributed by atoms with E-state index in [0.29, 0.717) is 13.2 Å². The van der Waals surface area contributed by atoms with E-state index in [1.54, 1.807) is 0 Å². The zero-order valence-corrected chi connectivity index (χ0v) is 12.9. The lowest BCUT2D eigenvalue weighted by Gasteiger charge is -2.15. The van der Waals surface area contributed by atoms with Crippen LogP contribution in [0.25, 0.3) is 10.9 Å². The lowest BCUT2D eigenvalue weighted by molar-refractivity contribution is 0.336. The lowest BCUT2D eigenvalue weighted by atomic mass is 10.1. The molecule has 0 saturated carbocycles. The summed E-state index contributed by atoms with van der Waals surface area (Å²) in [7, 11) is 0. The molecule has 0 aliphatic rings. The van der Waals surface area contributed by atoms with Crippen LogP contribution < -0.4 is 20.7 Å². The number of hydrazine groups is 1. The number of nitrogens with one attached hydrogen (secondary N) is 1. The van der Waals surface area contributed by atoms with E-state index in [1.807, 2.05) is 32.0 Å². The number of anilines is 1. The van der Waals surface area contributed by atoms with Crippen molar-refractivity contribution < 1.29 is 9.47 Å². The number of aryl methyl sites for hydroxylation is 1. The van der Waals surface area contributed by atoms with Crippen LogP contribution >= 0.6 is 0 Å². The maximum absolute atomic E-state index is 5.70. The number of pyridine rings is 1. The van der Waals surface area contributed by atoms with Gasteiger partial charge in [-0.1, -0.05) is 13.3 Å². The predicted octanol–water partition coefficient (Wildman–Crippen LogP) is 3.27. The van der Waals surface area contributed by atoms with Gasteiger partial charge in [0.2, 0.25) is 0 Å². The summed E-state index contributed by atoms with van der Waals surface area (Å²) in [5.74, 6) is 7.21. The molecule has 0 fully saturated rings. The highest BCUT2D eigenvalue weighted by atomic mass is 16.5. The number of hydrogen-bond acceptors (Lipinski definition) is 5. The van der Waals surface area contributed by atoms with Crippen molar-refractivity contribution in [2.24, 2.45) is 5.84 Å². The Kier molecular flexibility index (Phi) is 5.22. The van der Waals surface area contributed by atoms with Gasteiger partial charge in [-0.3, -0.25) is 5.84 Å². The fraction of sp³-hybridized carbons (Fsp3) is 0.438. The van der Waals surface area contributed by atoms with Crippen molar-refractivity contribution in [3.63, 3.8) is 0 Å². The highest BCUT2D eigenvalue weighted by Crippen LogP contribution is 2.37. The third-order valence-corrected chi connectivity index (χ3v) is 3.20. The van der Waals surface area contributed by atoms with Crippen LogP contribution in [0.2, 0.25) is 0 Å². The molecule has 2 rings (SSSR count). The summed E-state index contributed by atoms with van der Waals surface area (Å²) in [5, 5.41) is 0.866. The molecule has 5 nitrogen and oxygen atoms in total. The Morgan fingerprint density at radius 2 is 1.76 bits per heavy atom. The van der Waals surface area contributed by atoms with Crippen LogP contribution in [-0.4, -0.2) is 18.2 Å². The minimum Gasteiger partial charge on any atom is -0.493 e. The second-order valence-corrected chi connectivity index (χ2v) is 4.71. The van der Waals surface area contributed by atoms with E-state index in [4.69, 9.17) is 20.3 Å². The molecule has 2 aromatic rings. The van der Waals surface area contributed by atoms with E-state index in [2.05, 4.69) is 12.3 Å². The smallest absolute Gasteiger partial charge is 0.145 e. The van der Waals surface area contributed by atoms with Crippen molar-refractivity contribution in [2.75, 3.05) is 18.6 Å². The average Bonchev–Trinajstić information content (AvgIpc) is 2.49. The van der Waals surface area contributed by atoms with E-state index in [-0.39, 0.29) is 0 Å². The topological polar surface area (TPSA) is 69.4 Å². The zero-order valence-electron chi connectivity index (χ0n) is 12.9.